The molecule has 0 spiro atoms. The molecule has 0 radical (unpaired) electrons. The second kappa shape index (κ2) is 55.6. The lowest BCUT2D eigenvalue weighted by Crippen LogP contribution is -2.68. The number of rotatable bonds is 44. The predicted molar refractivity (Wildman–Crippen MR) is 446 cm³/mol. The van der Waals surface area contributed by atoms with Crippen LogP contribution in [0.4, 0.5) is 0 Å². The molecule has 21 saturated heterocycles. The molecule has 21 heterocycles. The van der Waals surface area contributed by atoms with Gasteiger partial charge in [-0.05, 0) is 40.2 Å². The summed E-state index contributed by atoms with van der Waals surface area (Å²) in [6.07, 6.45) is -70.0. The van der Waals surface area contributed by atoms with Crippen molar-refractivity contribution in [3.63, 3.8) is 0 Å². The molecule has 18 unspecified atom stereocenters. The molecule has 22 aliphatic rings. The number of likely N-dealkylation sites (N-methyl/N-ethyl adjacent to an activating group) is 1. The molecule has 0 aromatic carbocycles. The molecule has 14 bridgehead atoms. The molecule has 0 aromatic rings. The first-order chi connectivity index (χ1) is 62.8. The lowest BCUT2D eigenvalue weighted by molar-refractivity contribution is -0.395. The molecule has 21 aliphatic heterocycles. The maximum absolute atomic E-state index is 13.0. The van der Waals surface area contributed by atoms with Crippen LogP contribution in [0.5, 0.6) is 0 Å². The fourth-order valence-electron chi connectivity index (χ4n) is 15.4. The quantitative estimate of drug-likeness (QED) is 0.0252. The maximum atomic E-state index is 13.0. The van der Waals surface area contributed by atoms with Gasteiger partial charge in [-0.2, -0.15) is 47.0 Å². The summed E-state index contributed by atoms with van der Waals surface area (Å²) in [5, 5.41) is 259. The van der Waals surface area contributed by atoms with Crippen molar-refractivity contribution in [2.24, 2.45) is 17.8 Å². The first kappa shape index (κ1) is 114. The average Bonchev–Trinajstić information content (AvgIpc) is 0.796. The van der Waals surface area contributed by atoms with Crippen molar-refractivity contribution in [2.45, 2.75) is 310 Å². The van der Waals surface area contributed by atoms with Gasteiger partial charge in [-0.3, -0.25) is 38.4 Å². The van der Waals surface area contributed by atoms with Crippen LogP contribution in [0.25, 0.3) is 0 Å². The van der Waals surface area contributed by atoms with Gasteiger partial charge in [0, 0.05) is 83.5 Å². The average molecular weight is 1990 g/mol. The van der Waals surface area contributed by atoms with Gasteiger partial charge in [-0.1, -0.05) is 6.92 Å². The third-order valence-corrected chi connectivity index (χ3v) is 29.2. The van der Waals surface area contributed by atoms with Crippen LogP contribution in [0.15, 0.2) is 0 Å². The normalized spacial score (nSPS) is 39.5. The van der Waals surface area contributed by atoms with Crippen LogP contribution >= 0.6 is 47.0 Å². The van der Waals surface area contributed by atoms with Crippen molar-refractivity contribution in [2.75, 3.05) is 114 Å². The second-order valence-corrected chi connectivity index (χ2v) is 37.8. The van der Waals surface area contributed by atoms with Gasteiger partial charge < -0.3 is 203 Å². The number of hydrogen-bond donors (Lipinski definition) is 24. The number of aliphatic carboxylic acids is 4. The smallest absolute Gasteiger partial charge is 0.321 e. The van der Waals surface area contributed by atoms with Gasteiger partial charge in [-0.25, -0.2) is 0 Å². The van der Waals surface area contributed by atoms with E-state index in [0.717, 1.165) is 36.4 Å². The van der Waals surface area contributed by atoms with E-state index in [1.54, 1.807) is 23.5 Å². The van der Waals surface area contributed by atoms with Crippen LogP contribution in [0.2, 0.25) is 0 Å². The highest BCUT2D eigenvalue weighted by molar-refractivity contribution is 8.04. The molecule has 1 saturated carbocycles. The molecule has 24 N–H and O–H groups in total. The van der Waals surface area contributed by atoms with E-state index in [4.69, 9.17) is 85.6 Å². The van der Waals surface area contributed by atoms with Gasteiger partial charge in [0.25, 0.3) is 0 Å². The number of Topliss-reactive ketones (excluding diaryl/α,β-unsaturated/α-hetero) is 4. The summed E-state index contributed by atoms with van der Waals surface area (Å²) in [7, 11) is 1.35. The van der Waals surface area contributed by atoms with E-state index < -0.39 is 308 Å². The van der Waals surface area contributed by atoms with Gasteiger partial charge in [0.15, 0.2) is 44.0 Å². The van der Waals surface area contributed by atoms with Gasteiger partial charge in [0.2, 0.25) is 0 Å². The summed E-state index contributed by atoms with van der Waals surface area (Å²) in [5.41, 5.74) is 0. The molecular weight excluding hydrogens is 1860 g/mol. The van der Waals surface area contributed by atoms with Crippen LogP contribution < -0.4 is 5.32 Å². The molecule has 132 heavy (non-hydrogen) atoms. The third kappa shape index (κ3) is 31.2. The fraction of sp³-hybridized carbons (Fsp3) is 0.899. The van der Waals surface area contributed by atoms with E-state index in [2.05, 4.69) is 5.32 Å². The Hall–Kier alpha value is -3.52. The van der Waals surface area contributed by atoms with E-state index in [0.29, 0.717) is 34.8 Å². The molecular formula is C79H129NO48S4. The summed E-state index contributed by atoms with van der Waals surface area (Å²) in [6, 6.07) is -1.18. The van der Waals surface area contributed by atoms with Gasteiger partial charge in [0.05, 0.1) is 103 Å². The van der Waals surface area contributed by atoms with E-state index >= 15 is 0 Å². The lowest BCUT2D eigenvalue weighted by Gasteiger charge is -2.50. The number of ketones is 4. The molecule has 0 amide bonds. The number of ether oxygens (including phenoxy) is 17. The fourth-order valence-corrected chi connectivity index (χ4v) is 21.1. The Morgan fingerprint density at radius 1 is 0.318 bits per heavy atom. The second-order valence-electron chi connectivity index (χ2n) is 33.1. The lowest BCUT2D eigenvalue weighted by atomic mass is 9.95. The van der Waals surface area contributed by atoms with E-state index in [9.17, 15) is 151 Å². The number of carbonyl (C=O) groups is 8. The summed E-state index contributed by atoms with van der Waals surface area (Å²) >= 11 is 4.91. The number of carbonyl (C=O) groups excluding carboxylic acids is 4. The Kier molecular flexibility index (Phi) is 47.9. The Morgan fingerprint density at radius 2 is 0.561 bits per heavy atom. The number of thioether (sulfide) groups is 4. The van der Waals surface area contributed by atoms with Crippen LogP contribution in [-0.4, -0.2) is 510 Å². The van der Waals surface area contributed by atoms with Crippen molar-refractivity contribution < 1.29 is 236 Å². The van der Waals surface area contributed by atoms with Crippen LogP contribution in [0.1, 0.15) is 78.6 Å². The summed E-state index contributed by atoms with van der Waals surface area (Å²) in [6.45, 7) is -0.0778. The zero-order chi connectivity index (χ0) is 97.2. The summed E-state index contributed by atoms with van der Waals surface area (Å²) < 4.78 is 98.5. The zero-order valence-corrected chi connectivity index (χ0v) is 75.9. The highest BCUT2D eigenvalue weighted by atomic mass is 32.2. The molecule has 0 aromatic heterocycles. The Bertz CT molecular complexity index is 3520. The predicted octanol–water partition coefficient (Wildman–Crippen LogP) is -9.87. The molecule has 41 atom stereocenters. The number of aliphatic hydroxyl groups is 19. The van der Waals surface area contributed by atoms with Crippen molar-refractivity contribution in [3.8, 4) is 0 Å². The van der Waals surface area contributed by atoms with Crippen molar-refractivity contribution >= 4 is 94.1 Å². The number of carboxylic acids is 4. The molecule has 49 nitrogen and oxygen atoms in total. The van der Waals surface area contributed by atoms with Gasteiger partial charge >= 0.3 is 23.9 Å². The van der Waals surface area contributed by atoms with Gasteiger partial charge in [-0.15, -0.1) is 0 Å². The minimum Gasteiger partial charge on any atom is -0.481 e. The van der Waals surface area contributed by atoms with Crippen molar-refractivity contribution in [1.82, 2.24) is 5.32 Å². The van der Waals surface area contributed by atoms with Crippen LogP contribution in [0, 0.1) is 17.8 Å². The minimum absolute atomic E-state index is 0.0140. The number of aliphatic hydroxyl groups excluding tert-OH is 19. The standard InChI is InChI=1S/C59H97NO41S2.C20H32O7S2/c1-19(66)3-5-86-7-8-87-6-4-21(67)9-20(51(82)83)15-102-17-28-49-35(73)42(80)58(93-28)98-47-26(13-64)89-55(38(76)31(47)69)97-46-25(12-63)92-57(41(79)34(46)72)101-50-29(18-103-16-22(60-2)52(84)85)94-59(43(81)36(50)74)99-48-27(14-65)90-54(39(77)32(48)70)95-44-23(10-61)88-53(37(75)30(44)68)96-45-24(11-62)91-56(100-49)40(78)33(45)71;1-3-14(19(23)24)11-28-17-4-5-18(17)29-12-15(20(25)26)10-16(22)7-9-27-8-6-13(2)21/h20,22-50,53-65,68-81H,3-18H2,1-2H3,(H,82,83)(H,84,85);14-15,17-18H,3-12H2,1-2H3,(H,23,24)(H,25,26)/t20-,22-,23?,24?,25?,26?,27?,28?,29?,30-,31-,32-,33-,34-,35+,36-,37?,38?,39?,40?,41?,42?,43?,44-,45-,46-,47-,48-,49-,50-,53-,54-,55+,56-,57+,58-,59+;/m1./s1. The minimum atomic E-state index is -2.31. The molecule has 1 aliphatic carbocycles. The SMILES string of the molecule is CCC(CSC1CCC1SCC(CC(=O)CCOCCC(C)=O)C(=O)O)C(=O)O.CN[C@H](CSCC1O[C@H]2O[C@@H]3C(CO)O[C@H](O[C@@H]4C(CO)O[C@H](O[C@@H]5C(CO)O[C@H](O[C@@H]6C(CSC[C@@H](CC(=O)CCOCCOCCC(C)=O)C(=O)O)O[C@H](O[C@@H]7C(CO)O[C@@H](O[C@@H]8C(CO)O[C@@H](O[C@H]1[C@H](O)C2O)C(O)[C@H]8O)C(O)[C@H]7O)C(O)[C@@H]6O)C(O)[C@H]5O)C(O)[C@H]4O)C(O)[C@H]3O)C(=O)O. The van der Waals surface area contributed by atoms with Crippen molar-refractivity contribution in [3.05, 3.63) is 0 Å². The first-order valence-electron chi connectivity index (χ1n) is 43.2. The number of carboxylic acid groups (broad SMARTS) is 4. The van der Waals surface area contributed by atoms with Crippen LogP contribution in [0.3, 0.4) is 0 Å². The summed E-state index contributed by atoms with van der Waals surface area (Å²) in [4.78, 5) is 94.2. The van der Waals surface area contributed by atoms with E-state index in [1.807, 2.05) is 6.92 Å². The molecule has 53 heteroatoms. The molecule has 22 fully saturated rings. The van der Waals surface area contributed by atoms with Crippen LogP contribution in [-0.2, 0) is 119 Å². The zero-order valence-electron chi connectivity index (χ0n) is 72.7. The van der Waals surface area contributed by atoms with Gasteiger partial charge in [0.1, 0.15) is 188 Å². The number of nitrogens with one attached hydrogen (secondary N) is 1. The first-order valence-corrected chi connectivity index (χ1v) is 47.6. The monoisotopic (exact) mass is 1990 g/mol. The topological polar surface area (TPSA) is 771 Å². The maximum Gasteiger partial charge on any atom is 0.321 e. The molecule has 22 rings (SSSR count). The molecule has 762 valence electrons. The Labute approximate surface area is 774 Å². The Morgan fingerprint density at radius 3 is 0.803 bits per heavy atom. The van der Waals surface area contributed by atoms with Crippen molar-refractivity contribution in [1.29, 1.82) is 0 Å². The van der Waals surface area contributed by atoms with E-state index in [1.165, 1.54) is 20.9 Å². The Balaban J connectivity index is 0.000000629. The van der Waals surface area contributed by atoms with E-state index in [-0.39, 0.29) is 106 Å². The number of hydrogen-bond acceptors (Lipinski definition) is 49. The highest BCUT2D eigenvalue weighted by Crippen LogP contribution is 2.44. The third-order valence-electron chi connectivity index (χ3n) is 23.5. The highest BCUT2D eigenvalue weighted by Gasteiger charge is 2.60. The largest absolute Gasteiger partial charge is 0.481 e. The summed E-state index contributed by atoms with van der Waals surface area (Å²) in [5.74, 6) is -8.04.